The summed E-state index contributed by atoms with van der Waals surface area (Å²) in [5.74, 6) is 2.99. The molecular weight excluding hydrogens is 306 g/mol. The fourth-order valence-electron chi connectivity index (χ4n) is 2.59. The number of alkyl halides is 1. The number of hydrogen-bond donors (Lipinski definition) is 0. The summed E-state index contributed by atoms with van der Waals surface area (Å²) >= 11 is 13.8. The van der Waals surface area contributed by atoms with E-state index in [0.29, 0.717) is 11.9 Å². The summed E-state index contributed by atoms with van der Waals surface area (Å²) in [4.78, 5) is 4.48. The molecule has 1 aliphatic rings. The average molecular weight is 319 g/mol. The minimum Gasteiger partial charge on any atom is -0.324 e. The van der Waals surface area contributed by atoms with Gasteiger partial charge >= 0.3 is 0 Å². The fourth-order valence-corrected chi connectivity index (χ4v) is 4.01. The normalized spacial score (nSPS) is 17.2. The third kappa shape index (κ3) is 2.46. The van der Waals surface area contributed by atoms with Crippen LogP contribution in [0.25, 0.3) is 11.0 Å². The second-order valence-electron chi connectivity index (χ2n) is 4.63. The fraction of sp³-hybridized carbons (Fsp3) is 0.462. The molecule has 1 saturated heterocycles. The first-order valence-electron chi connectivity index (χ1n) is 6.20. The molecule has 19 heavy (non-hydrogen) atoms. The molecule has 1 aromatic carbocycles. The van der Waals surface area contributed by atoms with Crippen molar-refractivity contribution in [2.75, 3.05) is 11.5 Å². The zero-order chi connectivity index (χ0) is 13.4. The standard InChI is InChI=1S/C13H13Cl2FN2S/c14-7-13-17-11-5-9(15)10(16)6-12(11)18(13)8-1-3-19-4-2-8/h5-6,8H,1-4,7H2. The topological polar surface area (TPSA) is 17.8 Å². The highest BCUT2D eigenvalue weighted by molar-refractivity contribution is 7.99. The molecule has 0 unspecified atom stereocenters. The van der Waals surface area contributed by atoms with Crippen LogP contribution in [0.3, 0.4) is 0 Å². The van der Waals surface area contributed by atoms with E-state index >= 15 is 0 Å². The van der Waals surface area contributed by atoms with Crippen LogP contribution in [0.2, 0.25) is 5.02 Å². The predicted molar refractivity (Wildman–Crippen MR) is 79.9 cm³/mol. The van der Waals surface area contributed by atoms with Crippen LogP contribution in [0.1, 0.15) is 24.7 Å². The Morgan fingerprint density at radius 3 is 2.79 bits per heavy atom. The Morgan fingerprint density at radius 1 is 1.37 bits per heavy atom. The van der Waals surface area contributed by atoms with Crippen molar-refractivity contribution in [3.63, 3.8) is 0 Å². The lowest BCUT2D eigenvalue weighted by molar-refractivity contribution is 0.469. The molecule has 0 N–H and O–H groups in total. The van der Waals surface area contributed by atoms with Crippen molar-refractivity contribution in [3.05, 3.63) is 28.8 Å². The van der Waals surface area contributed by atoms with Gasteiger partial charge < -0.3 is 4.57 Å². The van der Waals surface area contributed by atoms with Gasteiger partial charge in [-0.1, -0.05) is 11.6 Å². The largest absolute Gasteiger partial charge is 0.324 e. The molecule has 102 valence electrons. The number of halogens is 3. The van der Waals surface area contributed by atoms with Crippen molar-refractivity contribution in [1.82, 2.24) is 9.55 Å². The van der Waals surface area contributed by atoms with Crippen LogP contribution < -0.4 is 0 Å². The number of benzene rings is 1. The third-order valence-electron chi connectivity index (χ3n) is 3.48. The number of thioether (sulfide) groups is 1. The second kappa shape index (κ2) is 5.51. The van der Waals surface area contributed by atoms with Gasteiger partial charge in [0.2, 0.25) is 0 Å². The third-order valence-corrected chi connectivity index (χ3v) is 5.06. The monoisotopic (exact) mass is 318 g/mol. The van der Waals surface area contributed by atoms with Crippen LogP contribution in [0.5, 0.6) is 0 Å². The van der Waals surface area contributed by atoms with E-state index in [1.54, 1.807) is 6.07 Å². The minimum absolute atomic E-state index is 0.109. The lowest BCUT2D eigenvalue weighted by Gasteiger charge is -2.25. The average Bonchev–Trinajstić information content (AvgIpc) is 2.78. The van der Waals surface area contributed by atoms with Crippen LogP contribution in [0.15, 0.2) is 12.1 Å². The van der Waals surface area contributed by atoms with Gasteiger partial charge in [-0.05, 0) is 30.4 Å². The number of nitrogens with zero attached hydrogens (tertiary/aromatic N) is 2. The van der Waals surface area contributed by atoms with Gasteiger partial charge in [0.15, 0.2) is 0 Å². The van der Waals surface area contributed by atoms with Gasteiger partial charge in [0.1, 0.15) is 11.6 Å². The Bertz CT molecular complexity index is 608. The van der Waals surface area contributed by atoms with E-state index in [2.05, 4.69) is 9.55 Å². The smallest absolute Gasteiger partial charge is 0.144 e. The van der Waals surface area contributed by atoms with E-state index in [4.69, 9.17) is 23.2 Å². The number of hydrogen-bond acceptors (Lipinski definition) is 2. The molecule has 0 radical (unpaired) electrons. The van der Waals surface area contributed by atoms with E-state index in [0.717, 1.165) is 41.2 Å². The number of rotatable bonds is 2. The Hall–Kier alpha value is -0.450. The molecular formula is C13H13Cl2FN2S. The van der Waals surface area contributed by atoms with E-state index in [-0.39, 0.29) is 5.02 Å². The Morgan fingerprint density at radius 2 is 2.11 bits per heavy atom. The summed E-state index contributed by atoms with van der Waals surface area (Å²) in [7, 11) is 0. The van der Waals surface area contributed by atoms with E-state index in [1.165, 1.54) is 6.07 Å². The first kappa shape index (κ1) is 13.5. The Balaban J connectivity index is 2.16. The van der Waals surface area contributed by atoms with E-state index in [9.17, 15) is 4.39 Å². The molecule has 0 bridgehead atoms. The molecule has 0 amide bonds. The van der Waals surface area contributed by atoms with E-state index in [1.807, 2.05) is 11.8 Å². The lowest BCUT2D eigenvalue weighted by Crippen LogP contribution is -2.17. The second-order valence-corrected chi connectivity index (χ2v) is 6.53. The first-order valence-corrected chi connectivity index (χ1v) is 8.27. The van der Waals surface area contributed by atoms with Crippen LogP contribution in [-0.2, 0) is 5.88 Å². The molecule has 0 saturated carbocycles. The summed E-state index contributed by atoms with van der Waals surface area (Å²) in [6.07, 6.45) is 2.15. The predicted octanol–water partition coefficient (Wildman–Crippen LogP) is 4.64. The highest BCUT2D eigenvalue weighted by Crippen LogP contribution is 2.33. The molecule has 2 heterocycles. The number of imidazole rings is 1. The molecule has 0 aliphatic carbocycles. The number of fused-ring (bicyclic) bond motifs is 1. The highest BCUT2D eigenvalue weighted by Gasteiger charge is 2.22. The zero-order valence-electron chi connectivity index (χ0n) is 10.2. The maximum absolute atomic E-state index is 13.7. The molecule has 1 fully saturated rings. The van der Waals surface area contributed by atoms with Crippen LogP contribution in [0.4, 0.5) is 4.39 Å². The Labute approximate surface area is 125 Å². The summed E-state index contributed by atoms with van der Waals surface area (Å²) in [6.45, 7) is 0. The van der Waals surface area contributed by atoms with Gasteiger partial charge in [-0.25, -0.2) is 9.37 Å². The molecule has 0 spiro atoms. The summed E-state index contributed by atoms with van der Waals surface area (Å²) in [5, 5.41) is 0.109. The quantitative estimate of drug-likeness (QED) is 0.751. The zero-order valence-corrected chi connectivity index (χ0v) is 12.5. The van der Waals surface area contributed by atoms with Crippen molar-refractivity contribution in [3.8, 4) is 0 Å². The van der Waals surface area contributed by atoms with Crippen molar-refractivity contribution >= 4 is 46.0 Å². The van der Waals surface area contributed by atoms with Crippen molar-refractivity contribution in [1.29, 1.82) is 0 Å². The molecule has 6 heteroatoms. The minimum atomic E-state index is -0.401. The summed E-state index contributed by atoms with van der Waals surface area (Å²) < 4.78 is 15.8. The number of aromatic nitrogens is 2. The maximum Gasteiger partial charge on any atom is 0.144 e. The van der Waals surface area contributed by atoms with Gasteiger partial charge in [-0.2, -0.15) is 11.8 Å². The summed E-state index contributed by atoms with van der Waals surface area (Å²) in [5.41, 5.74) is 1.52. The lowest BCUT2D eigenvalue weighted by atomic mass is 10.1. The van der Waals surface area contributed by atoms with Gasteiger partial charge in [-0.3, -0.25) is 0 Å². The first-order chi connectivity index (χ1) is 9.20. The van der Waals surface area contributed by atoms with Crippen LogP contribution >= 0.6 is 35.0 Å². The van der Waals surface area contributed by atoms with Crippen LogP contribution in [0, 0.1) is 5.82 Å². The van der Waals surface area contributed by atoms with Crippen LogP contribution in [-0.4, -0.2) is 21.1 Å². The van der Waals surface area contributed by atoms with Gasteiger partial charge in [0, 0.05) is 12.1 Å². The molecule has 2 nitrogen and oxygen atoms in total. The Kier molecular flexibility index (Phi) is 3.92. The molecule has 1 aliphatic heterocycles. The molecule has 0 atom stereocenters. The summed E-state index contributed by atoms with van der Waals surface area (Å²) in [6, 6.07) is 3.42. The highest BCUT2D eigenvalue weighted by atomic mass is 35.5. The molecule has 3 rings (SSSR count). The van der Waals surface area contributed by atoms with Gasteiger partial charge in [0.25, 0.3) is 0 Å². The van der Waals surface area contributed by atoms with Crippen molar-refractivity contribution < 1.29 is 4.39 Å². The van der Waals surface area contributed by atoms with Gasteiger partial charge in [-0.15, -0.1) is 11.6 Å². The molecule has 2 aromatic rings. The van der Waals surface area contributed by atoms with E-state index < -0.39 is 5.82 Å². The molecule has 1 aromatic heterocycles. The van der Waals surface area contributed by atoms with Crippen molar-refractivity contribution in [2.45, 2.75) is 24.8 Å². The van der Waals surface area contributed by atoms with Crippen molar-refractivity contribution in [2.24, 2.45) is 0 Å². The van der Waals surface area contributed by atoms with Gasteiger partial charge in [0.05, 0.1) is 21.9 Å². The maximum atomic E-state index is 13.7. The SMILES string of the molecule is Fc1cc2c(cc1Cl)nc(CCl)n2C1CCSCC1.